The average Bonchev–Trinajstić information content (AvgIpc) is 2.42. The molecule has 0 aliphatic carbocycles. The second kappa shape index (κ2) is 6.31. The zero-order valence-electron chi connectivity index (χ0n) is 11.1. The number of halogens is 2. The lowest BCUT2D eigenvalue weighted by Gasteiger charge is -2.17. The van der Waals surface area contributed by atoms with E-state index in [0.29, 0.717) is 10.0 Å². The zero-order valence-corrected chi connectivity index (χ0v) is 12.6. The number of rotatable bonds is 4. The van der Waals surface area contributed by atoms with Crippen LogP contribution in [0.3, 0.4) is 0 Å². The molecule has 0 fully saturated rings. The predicted molar refractivity (Wildman–Crippen MR) is 84.3 cm³/mol. The highest BCUT2D eigenvalue weighted by Crippen LogP contribution is 2.31. The first-order chi connectivity index (χ1) is 9.11. The molecule has 2 rings (SSSR count). The van der Waals surface area contributed by atoms with Gasteiger partial charge in [-0.25, -0.2) is 0 Å². The van der Waals surface area contributed by atoms with Crippen molar-refractivity contribution < 1.29 is 0 Å². The average molecular weight is 294 g/mol. The molecule has 3 heteroatoms. The zero-order chi connectivity index (χ0) is 13.8. The van der Waals surface area contributed by atoms with Gasteiger partial charge in [0.25, 0.3) is 0 Å². The van der Waals surface area contributed by atoms with Crippen LogP contribution in [0.4, 0.5) is 5.69 Å². The van der Waals surface area contributed by atoms with Crippen LogP contribution in [0.25, 0.3) is 0 Å². The van der Waals surface area contributed by atoms with E-state index >= 15 is 0 Å². The van der Waals surface area contributed by atoms with E-state index in [9.17, 15) is 0 Å². The van der Waals surface area contributed by atoms with Gasteiger partial charge in [-0.2, -0.15) is 0 Å². The molecular formula is C16H17Cl2N. The van der Waals surface area contributed by atoms with Crippen LogP contribution >= 0.6 is 23.2 Å². The van der Waals surface area contributed by atoms with Crippen molar-refractivity contribution >= 4 is 28.9 Å². The Morgan fingerprint density at radius 3 is 2.37 bits per heavy atom. The predicted octanol–water partition coefficient (Wildman–Crippen LogP) is 5.73. The SMILES string of the molecule is CCc1ccc(NC(C)c2cccc(Cl)c2Cl)cc1. The molecule has 0 aromatic heterocycles. The van der Waals surface area contributed by atoms with Gasteiger partial charge in [-0.15, -0.1) is 0 Å². The molecule has 0 spiro atoms. The standard InChI is InChI=1S/C16H17Cl2N/c1-3-12-7-9-13(10-8-12)19-11(2)14-5-4-6-15(17)16(14)18/h4-11,19H,3H2,1-2H3. The maximum Gasteiger partial charge on any atom is 0.0644 e. The lowest BCUT2D eigenvalue weighted by atomic mass is 10.1. The van der Waals surface area contributed by atoms with Crippen molar-refractivity contribution in [2.24, 2.45) is 0 Å². The summed E-state index contributed by atoms with van der Waals surface area (Å²) in [4.78, 5) is 0. The minimum atomic E-state index is 0.110. The van der Waals surface area contributed by atoms with Crippen LogP contribution in [0.1, 0.15) is 31.0 Å². The van der Waals surface area contributed by atoms with E-state index in [2.05, 4.69) is 43.4 Å². The molecule has 0 heterocycles. The molecule has 0 saturated carbocycles. The summed E-state index contributed by atoms with van der Waals surface area (Å²) in [6.07, 6.45) is 1.05. The molecule has 0 aliphatic heterocycles. The Kier molecular flexibility index (Phi) is 4.73. The molecule has 0 amide bonds. The number of anilines is 1. The van der Waals surface area contributed by atoms with Gasteiger partial charge >= 0.3 is 0 Å². The van der Waals surface area contributed by atoms with E-state index in [1.165, 1.54) is 5.56 Å². The minimum Gasteiger partial charge on any atom is -0.378 e. The molecule has 100 valence electrons. The molecule has 0 bridgehead atoms. The minimum absolute atomic E-state index is 0.110. The summed E-state index contributed by atoms with van der Waals surface area (Å²) in [6.45, 7) is 4.22. The smallest absolute Gasteiger partial charge is 0.0644 e. The van der Waals surface area contributed by atoms with E-state index < -0.39 is 0 Å². The summed E-state index contributed by atoms with van der Waals surface area (Å²) in [5.74, 6) is 0. The Morgan fingerprint density at radius 1 is 1.05 bits per heavy atom. The van der Waals surface area contributed by atoms with Crippen molar-refractivity contribution in [3.63, 3.8) is 0 Å². The molecule has 1 atom stereocenters. The van der Waals surface area contributed by atoms with Gasteiger partial charge in [-0.05, 0) is 42.7 Å². The van der Waals surface area contributed by atoms with Crippen molar-refractivity contribution in [1.29, 1.82) is 0 Å². The Hall–Kier alpha value is -1.18. The summed E-state index contributed by atoms with van der Waals surface area (Å²) in [5, 5.41) is 4.65. The highest BCUT2D eigenvalue weighted by atomic mass is 35.5. The van der Waals surface area contributed by atoms with Crippen LogP contribution in [-0.2, 0) is 6.42 Å². The molecule has 0 radical (unpaired) electrons. The third kappa shape index (κ3) is 3.43. The van der Waals surface area contributed by atoms with Gasteiger partial charge in [-0.3, -0.25) is 0 Å². The topological polar surface area (TPSA) is 12.0 Å². The number of hydrogen-bond acceptors (Lipinski definition) is 1. The van der Waals surface area contributed by atoms with Gasteiger partial charge < -0.3 is 5.32 Å². The molecule has 19 heavy (non-hydrogen) atoms. The molecule has 1 N–H and O–H groups in total. The fourth-order valence-electron chi connectivity index (χ4n) is 2.02. The number of hydrogen-bond donors (Lipinski definition) is 1. The maximum absolute atomic E-state index is 6.23. The number of aryl methyl sites for hydroxylation is 1. The first kappa shape index (κ1) is 14.2. The van der Waals surface area contributed by atoms with E-state index in [1.54, 1.807) is 6.07 Å². The Bertz CT molecular complexity index is 549. The summed E-state index contributed by atoms with van der Waals surface area (Å²) in [6, 6.07) is 14.3. The van der Waals surface area contributed by atoms with Crippen molar-refractivity contribution in [3.05, 3.63) is 63.6 Å². The second-order valence-electron chi connectivity index (χ2n) is 4.56. The third-order valence-corrected chi connectivity index (χ3v) is 4.03. The van der Waals surface area contributed by atoms with E-state index in [0.717, 1.165) is 17.7 Å². The molecule has 1 nitrogen and oxygen atoms in total. The Labute approximate surface area is 124 Å². The second-order valence-corrected chi connectivity index (χ2v) is 5.34. The monoisotopic (exact) mass is 293 g/mol. The van der Waals surface area contributed by atoms with Gasteiger partial charge in [0.15, 0.2) is 0 Å². The Balaban J connectivity index is 2.15. The van der Waals surface area contributed by atoms with Crippen LogP contribution in [0, 0.1) is 0 Å². The third-order valence-electron chi connectivity index (χ3n) is 3.19. The van der Waals surface area contributed by atoms with Crippen molar-refractivity contribution in [2.45, 2.75) is 26.3 Å². The lowest BCUT2D eigenvalue weighted by Crippen LogP contribution is -2.07. The van der Waals surface area contributed by atoms with Gasteiger partial charge in [0.05, 0.1) is 16.1 Å². The molecular weight excluding hydrogens is 277 g/mol. The van der Waals surface area contributed by atoms with Crippen molar-refractivity contribution in [3.8, 4) is 0 Å². The van der Waals surface area contributed by atoms with Gasteiger partial charge in [0.1, 0.15) is 0 Å². The van der Waals surface area contributed by atoms with Crippen LogP contribution in [-0.4, -0.2) is 0 Å². The lowest BCUT2D eigenvalue weighted by molar-refractivity contribution is 0.885. The first-order valence-electron chi connectivity index (χ1n) is 6.41. The molecule has 1 unspecified atom stereocenters. The quantitative estimate of drug-likeness (QED) is 0.759. The summed E-state index contributed by atoms with van der Waals surface area (Å²) >= 11 is 12.3. The largest absolute Gasteiger partial charge is 0.378 e. The van der Waals surface area contributed by atoms with E-state index in [1.807, 2.05) is 12.1 Å². The van der Waals surface area contributed by atoms with Crippen LogP contribution < -0.4 is 5.32 Å². The van der Waals surface area contributed by atoms with Crippen LogP contribution in [0.5, 0.6) is 0 Å². The fourth-order valence-corrected chi connectivity index (χ4v) is 2.49. The molecule has 2 aromatic rings. The van der Waals surface area contributed by atoms with Crippen molar-refractivity contribution in [2.75, 3.05) is 5.32 Å². The summed E-state index contributed by atoms with van der Waals surface area (Å²) in [7, 11) is 0. The number of benzene rings is 2. The summed E-state index contributed by atoms with van der Waals surface area (Å²) < 4.78 is 0. The van der Waals surface area contributed by atoms with E-state index in [-0.39, 0.29) is 6.04 Å². The number of nitrogens with one attached hydrogen (secondary N) is 1. The van der Waals surface area contributed by atoms with Crippen LogP contribution in [0.2, 0.25) is 10.0 Å². The van der Waals surface area contributed by atoms with E-state index in [4.69, 9.17) is 23.2 Å². The summed E-state index contributed by atoms with van der Waals surface area (Å²) in [5.41, 5.74) is 3.42. The van der Waals surface area contributed by atoms with Gasteiger partial charge in [0, 0.05) is 5.69 Å². The molecule has 0 saturated heterocycles. The maximum atomic E-state index is 6.23. The highest BCUT2D eigenvalue weighted by molar-refractivity contribution is 6.42. The highest BCUT2D eigenvalue weighted by Gasteiger charge is 2.11. The Morgan fingerprint density at radius 2 is 1.74 bits per heavy atom. The molecule has 2 aromatic carbocycles. The first-order valence-corrected chi connectivity index (χ1v) is 7.16. The fraction of sp³-hybridized carbons (Fsp3) is 0.250. The van der Waals surface area contributed by atoms with Gasteiger partial charge in [0.2, 0.25) is 0 Å². The molecule has 0 aliphatic rings. The van der Waals surface area contributed by atoms with Gasteiger partial charge in [-0.1, -0.05) is 54.4 Å². The van der Waals surface area contributed by atoms with Crippen molar-refractivity contribution in [1.82, 2.24) is 0 Å². The normalized spacial score (nSPS) is 12.2. The van der Waals surface area contributed by atoms with Crippen LogP contribution in [0.15, 0.2) is 42.5 Å².